The molecular formula is C12H12F3NO2. The Morgan fingerprint density at radius 3 is 2.22 bits per heavy atom. The average Bonchev–Trinajstić information content (AvgIpc) is 2.27. The zero-order valence-electron chi connectivity index (χ0n) is 9.66. The Balaban J connectivity index is 2.80. The van der Waals surface area contributed by atoms with E-state index in [9.17, 15) is 18.0 Å². The van der Waals surface area contributed by atoms with Gasteiger partial charge >= 0.3 is 12.3 Å². The van der Waals surface area contributed by atoms with Crippen molar-refractivity contribution < 1.29 is 23.1 Å². The van der Waals surface area contributed by atoms with Crippen molar-refractivity contribution in [2.75, 3.05) is 13.6 Å². The summed E-state index contributed by atoms with van der Waals surface area (Å²) >= 11 is 0. The van der Waals surface area contributed by atoms with Gasteiger partial charge in [-0.25, -0.2) is 4.79 Å². The lowest BCUT2D eigenvalue weighted by Gasteiger charge is -2.15. The molecule has 6 heteroatoms. The molecular weight excluding hydrogens is 247 g/mol. The summed E-state index contributed by atoms with van der Waals surface area (Å²) in [5, 5.41) is 8.66. The fourth-order valence-corrected chi connectivity index (χ4v) is 1.34. The maximum Gasteiger partial charge on any atom is 0.416 e. The minimum atomic E-state index is -4.38. The second kappa shape index (κ2) is 5.12. The van der Waals surface area contributed by atoms with Crippen molar-refractivity contribution >= 4 is 11.7 Å². The highest BCUT2D eigenvalue weighted by Crippen LogP contribution is 2.29. The summed E-state index contributed by atoms with van der Waals surface area (Å²) in [4.78, 5) is 11.6. The molecule has 0 unspecified atom stereocenters. The fraction of sp³-hybridized carbons (Fsp3) is 0.250. The van der Waals surface area contributed by atoms with Crippen molar-refractivity contribution in [3.63, 3.8) is 0 Å². The largest absolute Gasteiger partial charge is 0.465 e. The molecule has 0 aliphatic heterocycles. The van der Waals surface area contributed by atoms with Gasteiger partial charge in [0.25, 0.3) is 0 Å². The number of halogens is 3. The van der Waals surface area contributed by atoms with Crippen LogP contribution in [0.25, 0.3) is 5.57 Å². The van der Waals surface area contributed by atoms with Crippen molar-refractivity contribution in [1.29, 1.82) is 0 Å². The van der Waals surface area contributed by atoms with Gasteiger partial charge in [0.2, 0.25) is 0 Å². The van der Waals surface area contributed by atoms with Crippen LogP contribution in [0.2, 0.25) is 0 Å². The monoisotopic (exact) mass is 259 g/mol. The molecule has 0 atom stereocenters. The predicted molar refractivity (Wildman–Crippen MR) is 61.1 cm³/mol. The van der Waals surface area contributed by atoms with E-state index in [-0.39, 0.29) is 6.54 Å². The summed E-state index contributed by atoms with van der Waals surface area (Å²) in [7, 11) is 1.36. The fourth-order valence-electron chi connectivity index (χ4n) is 1.34. The highest BCUT2D eigenvalue weighted by molar-refractivity contribution is 5.71. The van der Waals surface area contributed by atoms with Gasteiger partial charge in [0.1, 0.15) is 0 Å². The molecule has 1 aromatic carbocycles. The van der Waals surface area contributed by atoms with Crippen LogP contribution in [0.1, 0.15) is 11.1 Å². The van der Waals surface area contributed by atoms with Gasteiger partial charge in [0, 0.05) is 13.6 Å². The number of carboxylic acid groups (broad SMARTS) is 1. The van der Waals surface area contributed by atoms with Crippen molar-refractivity contribution in [3.8, 4) is 0 Å². The van der Waals surface area contributed by atoms with Crippen LogP contribution >= 0.6 is 0 Å². The predicted octanol–water partition coefficient (Wildman–Crippen LogP) is 3.33. The molecule has 0 bridgehead atoms. The van der Waals surface area contributed by atoms with E-state index < -0.39 is 17.8 Å². The second-order valence-corrected chi connectivity index (χ2v) is 3.82. The lowest BCUT2D eigenvalue weighted by atomic mass is 10.0. The van der Waals surface area contributed by atoms with E-state index in [1.807, 2.05) is 0 Å². The molecule has 1 rings (SSSR count). The molecule has 1 N–H and O–H groups in total. The van der Waals surface area contributed by atoms with Crippen molar-refractivity contribution in [1.82, 2.24) is 4.90 Å². The second-order valence-electron chi connectivity index (χ2n) is 3.82. The zero-order chi connectivity index (χ0) is 13.9. The molecule has 98 valence electrons. The first-order valence-electron chi connectivity index (χ1n) is 5.01. The topological polar surface area (TPSA) is 40.5 Å². The SMILES string of the molecule is C=C(CN(C)C(=O)O)c1ccc(C(F)(F)F)cc1. The molecule has 0 saturated heterocycles. The summed E-state index contributed by atoms with van der Waals surface area (Å²) in [5.74, 6) is 0. The Labute approximate surface area is 102 Å². The molecule has 0 aliphatic carbocycles. The molecule has 18 heavy (non-hydrogen) atoms. The minimum Gasteiger partial charge on any atom is -0.465 e. The number of hydrogen-bond acceptors (Lipinski definition) is 1. The lowest BCUT2D eigenvalue weighted by molar-refractivity contribution is -0.137. The van der Waals surface area contributed by atoms with E-state index in [1.54, 1.807) is 0 Å². The van der Waals surface area contributed by atoms with E-state index in [0.717, 1.165) is 17.0 Å². The summed E-state index contributed by atoms with van der Waals surface area (Å²) in [6, 6.07) is 4.45. The van der Waals surface area contributed by atoms with Crippen molar-refractivity contribution in [2.45, 2.75) is 6.18 Å². The molecule has 0 heterocycles. The maximum absolute atomic E-state index is 12.3. The standard InChI is InChI=1S/C12H12F3NO2/c1-8(7-16(2)11(17)18)9-3-5-10(6-4-9)12(13,14)15/h3-6H,1,7H2,2H3,(H,17,18). The highest BCUT2D eigenvalue weighted by atomic mass is 19.4. The Kier molecular flexibility index (Phi) is 4.00. The zero-order valence-corrected chi connectivity index (χ0v) is 9.66. The van der Waals surface area contributed by atoms with Gasteiger partial charge < -0.3 is 10.0 Å². The first-order valence-corrected chi connectivity index (χ1v) is 5.01. The third kappa shape index (κ3) is 3.51. The van der Waals surface area contributed by atoms with Gasteiger partial charge in [-0.1, -0.05) is 18.7 Å². The molecule has 0 radical (unpaired) electrons. The summed E-state index contributed by atoms with van der Waals surface area (Å²) in [6.45, 7) is 3.70. The summed E-state index contributed by atoms with van der Waals surface area (Å²) in [6.07, 6.45) is -5.50. The van der Waals surface area contributed by atoms with Crippen LogP contribution in [-0.2, 0) is 6.18 Å². The lowest BCUT2D eigenvalue weighted by Crippen LogP contribution is -2.26. The number of amides is 1. The van der Waals surface area contributed by atoms with E-state index >= 15 is 0 Å². The van der Waals surface area contributed by atoms with Crippen LogP contribution in [0.3, 0.4) is 0 Å². The van der Waals surface area contributed by atoms with Crippen LogP contribution in [0.5, 0.6) is 0 Å². The van der Waals surface area contributed by atoms with Gasteiger partial charge in [-0.15, -0.1) is 0 Å². The molecule has 1 amide bonds. The van der Waals surface area contributed by atoms with Crippen LogP contribution < -0.4 is 0 Å². The molecule has 3 nitrogen and oxygen atoms in total. The van der Waals surface area contributed by atoms with E-state index in [1.165, 1.54) is 19.2 Å². The number of hydrogen-bond donors (Lipinski definition) is 1. The Morgan fingerprint density at radius 1 is 1.33 bits per heavy atom. The molecule has 0 spiro atoms. The van der Waals surface area contributed by atoms with Gasteiger partial charge in [-0.05, 0) is 23.3 Å². The third-order valence-corrected chi connectivity index (χ3v) is 2.38. The molecule has 0 saturated carbocycles. The highest BCUT2D eigenvalue weighted by Gasteiger charge is 2.30. The van der Waals surface area contributed by atoms with Crippen molar-refractivity contribution in [2.24, 2.45) is 0 Å². The number of likely N-dealkylation sites (N-methyl/N-ethyl adjacent to an activating group) is 1. The van der Waals surface area contributed by atoms with E-state index in [4.69, 9.17) is 5.11 Å². The number of benzene rings is 1. The molecule has 0 aliphatic rings. The van der Waals surface area contributed by atoms with E-state index in [0.29, 0.717) is 11.1 Å². The van der Waals surface area contributed by atoms with Crippen LogP contribution in [0, 0.1) is 0 Å². The Hall–Kier alpha value is -1.98. The number of carbonyl (C=O) groups is 1. The van der Waals surface area contributed by atoms with Crippen LogP contribution in [-0.4, -0.2) is 29.7 Å². The third-order valence-electron chi connectivity index (χ3n) is 2.38. The Morgan fingerprint density at radius 2 is 1.83 bits per heavy atom. The Bertz CT molecular complexity index is 451. The number of rotatable bonds is 3. The number of nitrogens with zero attached hydrogens (tertiary/aromatic N) is 1. The smallest absolute Gasteiger partial charge is 0.416 e. The van der Waals surface area contributed by atoms with Crippen LogP contribution in [0.4, 0.5) is 18.0 Å². The molecule has 0 fully saturated rings. The van der Waals surface area contributed by atoms with Crippen LogP contribution in [0.15, 0.2) is 30.8 Å². The number of alkyl halides is 3. The summed E-state index contributed by atoms with van der Waals surface area (Å²) < 4.78 is 37.0. The maximum atomic E-state index is 12.3. The van der Waals surface area contributed by atoms with Gasteiger partial charge in [0.15, 0.2) is 0 Å². The quantitative estimate of drug-likeness (QED) is 0.904. The first-order chi connectivity index (χ1) is 8.21. The first kappa shape index (κ1) is 14.1. The van der Waals surface area contributed by atoms with Gasteiger partial charge in [0.05, 0.1) is 5.56 Å². The van der Waals surface area contributed by atoms with Gasteiger partial charge in [-0.2, -0.15) is 13.2 Å². The van der Waals surface area contributed by atoms with Crippen molar-refractivity contribution in [3.05, 3.63) is 42.0 Å². The molecule has 0 aromatic heterocycles. The molecule has 1 aromatic rings. The average molecular weight is 259 g/mol. The van der Waals surface area contributed by atoms with Gasteiger partial charge in [-0.3, -0.25) is 0 Å². The normalized spacial score (nSPS) is 11.1. The van der Waals surface area contributed by atoms with E-state index in [2.05, 4.69) is 6.58 Å². The minimum absolute atomic E-state index is 0.0424. The summed E-state index contributed by atoms with van der Waals surface area (Å²) in [5.41, 5.74) is 0.176.